The van der Waals surface area contributed by atoms with Crippen LogP contribution in [0.15, 0.2) is 53.4 Å². The monoisotopic (exact) mass is 429 g/mol. The van der Waals surface area contributed by atoms with Gasteiger partial charge in [0.1, 0.15) is 0 Å². The van der Waals surface area contributed by atoms with Gasteiger partial charge in [-0.25, -0.2) is 13.1 Å². The standard InChI is InChI=1S/C18H20ClN3O3S.ClH/c19-14-6-4-13(5-7-14)18(8-9-18)17(23)22-15-2-1-3-16(12-15)26(24,25)21-11-10-20;/h1-7,12,21H,8-11,20H2,(H,22,23);1H. The van der Waals surface area contributed by atoms with Gasteiger partial charge in [-0.05, 0) is 48.7 Å². The van der Waals surface area contributed by atoms with E-state index in [4.69, 9.17) is 17.3 Å². The van der Waals surface area contributed by atoms with Crippen LogP contribution in [0.4, 0.5) is 5.69 Å². The Morgan fingerprint density at radius 1 is 1.15 bits per heavy atom. The molecule has 9 heteroatoms. The van der Waals surface area contributed by atoms with Gasteiger partial charge in [-0.15, -0.1) is 12.4 Å². The highest BCUT2D eigenvalue weighted by Crippen LogP contribution is 2.49. The minimum absolute atomic E-state index is 0. The zero-order chi connectivity index (χ0) is 18.8. The molecule has 0 atom stereocenters. The molecule has 0 unspecified atom stereocenters. The number of amides is 1. The van der Waals surface area contributed by atoms with Crippen LogP contribution < -0.4 is 15.8 Å². The van der Waals surface area contributed by atoms with Crippen LogP contribution in [-0.2, 0) is 20.2 Å². The van der Waals surface area contributed by atoms with Crippen molar-refractivity contribution in [2.24, 2.45) is 5.73 Å². The summed E-state index contributed by atoms with van der Waals surface area (Å²) in [5, 5.41) is 3.46. The molecule has 2 aromatic carbocycles. The number of halogens is 2. The Morgan fingerprint density at radius 3 is 2.41 bits per heavy atom. The number of anilines is 1. The molecular weight excluding hydrogens is 409 g/mol. The Bertz CT molecular complexity index is 914. The van der Waals surface area contributed by atoms with E-state index in [0.717, 1.165) is 18.4 Å². The third-order valence-corrected chi connectivity index (χ3v) is 6.13. The molecule has 146 valence electrons. The fourth-order valence-electron chi connectivity index (χ4n) is 2.81. The number of rotatable bonds is 7. The molecule has 1 fully saturated rings. The van der Waals surface area contributed by atoms with Crippen LogP contribution in [0.25, 0.3) is 0 Å². The topological polar surface area (TPSA) is 101 Å². The van der Waals surface area contributed by atoms with Crippen molar-refractivity contribution in [1.29, 1.82) is 0 Å². The number of sulfonamides is 1. The van der Waals surface area contributed by atoms with Crippen LogP contribution >= 0.6 is 24.0 Å². The fourth-order valence-corrected chi connectivity index (χ4v) is 4.03. The van der Waals surface area contributed by atoms with Crippen LogP contribution in [0, 0.1) is 0 Å². The van der Waals surface area contributed by atoms with E-state index in [9.17, 15) is 13.2 Å². The van der Waals surface area contributed by atoms with Gasteiger partial charge in [0.05, 0.1) is 10.3 Å². The predicted molar refractivity (Wildman–Crippen MR) is 109 cm³/mol. The second-order valence-electron chi connectivity index (χ2n) is 6.26. The van der Waals surface area contributed by atoms with E-state index >= 15 is 0 Å². The zero-order valence-electron chi connectivity index (χ0n) is 14.4. The molecular formula is C18H21Cl2N3O3S. The highest BCUT2D eigenvalue weighted by Gasteiger charge is 2.51. The molecule has 1 saturated carbocycles. The van der Waals surface area contributed by atoms with Crippen LogP contribution in [0.3, 0.4) is 0 Å². The lowest BCUT2D eigenvalue weighted by molar-refractivity contribution is -0.118. The van der Waals surface area contributed by atoms with Crippen LogP contribution in [0.5, 0.6) is 0 Å². The molecule has 1 amide bonds. The number of nitrogens with one attached hydrogen (secondary N) is 2. The molecule has 0 spiro atoms. The molecule has 2 aromatic rings. The molecule has 0 heterocycles. The first-order valence-electron chi connectivity index (χ1n) is 8.25. The van der Waals surface area contributed by atoms with Gasteiger partial charge < -0.3 is 11.1 Å². The SMILES string of the molecule is Cl.NCCNS(=O)(=O)c1cccc(NC(=O)C2(c3ccc(Cl)cc3)CC2)c1. The van der Waals surface area contributed by atoms with Gasteiger partial charge in [0.15, 0.2) is 0 Å². The molecule has 0 saturated heterocycles. The molecule has 1 aliphatic carbocycles. The summed E-state index contributed by atoms with van der Waals surface area (Å²) in [6.45, 7) is 0.359. The summed E-state index contributed by atoms with van der Waals surface area (Å²) in [7, 11) is -3.65. The lowest BCUT2D eigenvalue weighted by Gasteiger charge is -2.16. The maximum Gasteiger partial charge on any atom is 0.240 e. The molecule has 0 aliphatic heterocycles. The summed E-state index contributed by atoms with van der Waals surface area (Å²) < 4.78 is 26.8. The smallest absolute Gasteiger partial charge is 0.240 e. The summed E-state index contributed by atoms with van der Waals surface area (Å²) in [5.74, 6) is -0.149. The first-order valence-corrected chi connectivity index (χ1v) is 10.1. The Kier molecular flexibility index (Phi) is 6.88. The van der Waals surface area contributed by atoms with Crippen LogP contribution in [-0.4, -0.2) is 27.4 Å². The molecule has 27 heavy (non-hydrogen) atoms. The van der Waals surface area contributed by atoms with Crippen molar-refractivity contribution < 1.29 is 13.2 Å². The molecule has 6 nitrogen and oxygen atoms in total. The van der Waals surface area contributed by atoms with Gasteiger partial charge in [-0.2, -0.15) is 0 Å². The molecule has 3 rings (SSSR count). The number of hydrogen-bond donors (Lipinski definition) is 3. The maximum absolute atomic E-state index is 12.8. The van der Waals surface area contributed by atoms with Gasteiger partial charge in [0, 0.05) is 23.8 Å². The van der Waals surface area contributed by atoms with Crippen molar-refractivity contribution in [3.8, 4) is 0 Å². The lowest BCUT2D eigenvalue weighted by Crippen LogP contribution is -2.30. The third kappa shape index (κ3) is 4.80. The Labute approximate surface area is 169 Å². The quantitative estimate of drug-likeness (QED) is 0.629. The first kappa shape index (κ1) is 21.7. The first-order chi connectivity index (χ1) is 12.4. The number of carbonyl (C=O) groups is 1. The van der Waals surface area contributed by atoms with Crippen molar-refractivity contribution in [2.75, 3.05) is 18.4 Å². The van der Waals surface area contributed by atoms with Crippen LogP contribution in [0.1, 0.15) is 18.4 Å². The van der Waals surface area contributed by atoms with Crippen molar-refractivity contribution in [1.82, 2.24) is 4.72 Å². The van der Waals surface area contributed by atoms with Crippen molar-refractivity contribution in [2.45, 2.75) is 23.2 Å². The molecule has 0 radical (unpaired) electrons. The number of hydrogen-bond acceptors (Lipinski definition) is 4. The van der Waals surface area contributed by atoms with Crippen molar-refractivity contribution >= 4 is 45.6 Å². The number of nitrogens with two attached hydrogens (primary N) is 1. The van der Waals surface area contributed by atoms with E-state index in [1.165, 1.54) is 12.1 Å². The molecule has 0 bridgehead atoms. The van der Waals surface area contributed by atoms with Gasteiger partial charge >= 0.3 is 0 Å². The zero-order valence-corrected chi connectivity index (χ0v) is 16.8. The normalized spacial score (nSPS) is 14.9. The van der Waals surface area contributed by atoms with E-state index in [1.807, 2.05) is 12.1 Å². The highest BCUT2D eigenvalue weighted by molar-refractivity contribution is 7.89. The van der Waals surface area contributed by atoms with Gasteiger partial charge in [0.2, 0.25) is 15.9 Å². The maximum atomic E-state index is 12.8. The van der Waals surface area contributed by atoms with E-state index in [0.29, 0.717) is 10.7 Å². The van der Waals surface area contributed by atoms with E-state index < -0.39 is 15.4 Å². The summed E-state index contributed by atoms with van der Waals surface area (Å²) in [6.07, 6.45) is 1.49. The van der Waals surface area contributed by atoms with Crippen LogP contribution in [0.2, 0.25) is 5.02 Å². The summed E-state index contributed by atoms with van der Waals surface area (Å²) in [6, 6.07) is 13.4. The summed E-state index contributed by atoms with van der Waals surface area (Å²) >= 11 is 5.92. The van der Waals surface area contributed by atoms with Crippen molar-refractivity contribution in [3.05, 3.63) is 59.1 Å². The average molecular weight is 430 g/mol. The Hall–Kier alpha value is -1.64. The minimum Gasteiger partial charge on any atom is -0.329 e. The summed E-state index contributed by atoms with van der Waals surface area (Å²) in [4.78, 5) is 12.9. The van der Waals surface area contributed by atoms with Gasteiger partial charge in [-0.3, -0.25) is 4.79 Å². The molecule has 1 aliphatic rings. The summed E-state index contributed by atoms with van der Waals surface area (Å²) in [5.41, 5.74) is 6.11. The third-order valence-electron chi connectivity index (χ3n) is 4.42. The van der Waals surface area contributed by atoms with E-state index in [2.05, 4.69) is 10.0 Å². The van der Waals surface area contributed by atoms with E-state index in [-0.39, 0.29) is 36.3 Å². The number of benzene rings is 2. The molecule has 4 N–H and O–H groups in total. The minimum atomic E-state index is -3.65. The highest BCUT2D eigenvalue weighted by atomic mass is 35.5. The second-order valence-corrected chi connectivity index (χ2v) is 8.46. The molecule has 0 aromatic heterocycles. The second kappa shape index (κ2) is 8.58. The largest absolute Gasteiger partial charge is 0.329 e. The number of carbonyl (C=O) groups excluding carboxylic acids is 1. The average Bonchev–Trinajstić information content (AvgIpc) is 3.43. The van der Waals surface area contributed by atoms with Crippen molar-refractivity contribution in [3.63, 3.8) is 0 Å². The predicted octanol–water partition coefficient (Wildman–Crippen LogP) is 2.67. The fraction of sp³-hybridized carbons (Fsp3) is 0.278. The van der Waals surface area contributed by atoms with Gasteiger partial charge in [-0.1, -0.05) is 29.8 Å². The Morgan fingerprint density at radius 2 is 1.81 bits per heavy atom. The lowest BCUT2D eigenvalue weighted by atomic mass is 9.95. The Balaban J connectivity index is 0.00000261. The van der Waals surface area contributed by atoms with Gasteiger partial charge in [0.25, 0.3) is 0 Å². The van der Waals surface area contributed by atoms with E-state index in [1.54, 1.807) is 24.3 Å².